The average molecular weight is 415 g/mol. The molecule has 0 heterocycles. The molecule has 0 bridgehead atoms. The first-order valence-corrected chi connectivity index (χ1v) is 12.2. The van der Waals surface area contributed by atoms with E-state index in [1.165, 1.54) is 71.0 Å². The van der Waals surface area contributed by atoms with Crippen LogP contribution < -0.4 is 0 Å². The molecule has 0 unspecified atom stereocenters. The lowest BCUT2D eigenvalue weighted by molar-refractivity contribution is 0.284. The molecule has 0 aliphatic heterocycles. The van der Waals surface area contributed by atoms with Gasteiger partial charge in [-0.1, -0.05) is 99.8 Å². The molecule has 3 rings (SSSR count). The van der Waals surface area contributed by atoms with Gasteiger partial charge < -0.3 is 5.11 Å². The number of hydrogen-bond acceptors (Lipinski definition) is 1. The van der Waals surface area contributed by atoms with E-state index in [0.29, 0.717) is 0 Å². The summed E-state index contributed by atoms with van der Waals surface area (Å²) in [5, 5.41) is 9.01. The lowest BCUT2D eigenvalue weighted by Gasteiger charge is -2.12. The topological polar surface area (TPSA) is 20.2 Å². The Bertz CT molecular complexity index is 906. The second-order valence-corrected chi connectivity index (χ2v) is 8.61. The van der Waals surface area contributed by atoms with E-state index < -0.39 is 0 Å². The van der Waals surface area contributed by atoms with Gasteiger partial charge in [0.25, 0.3) is 0 Å². The summed E-state index contributed by atoms with van der Waals surface area (Å²) >= 11 is 0. The largest absolute Gasteiger partial charge is 0.396 e. The van der Waals surface area contributed by atoms with E-state index in [2.05, 4.69) is 80.6 Å². The molecule has 0 saturated heterocycles. The SMILES string of the molecule is CCCCCCc1ccc(-c2ccc(-c3ccc(CCCCO)cc3CC)cc2)cc1. The predicted octanol–water partition coefficient (Wildman–Crippen LogP) is 8.02. The molecule has 1 nitrogen and oxygen atoms in total. The van der Waals surface area contributed by atoms with Crippen LogP contribution in [0.1, 0.15) is 69.1 Å². The Labute approximate surface area is 189 Å². The highest BCUT2D eigenvalue weighted by Gasteiger charge is 2.07. The maximum Gasteiger partial charge on any atom is 0.0431 e. The van der Waals surface area contributed by atoms with Crippen LogP contribution in [0.25, 0.3) is 22.3 Å². The highest BCUT2D eigenvalue weighted by Crippen LogP contribution is 2.29. The summed E-state index contributed by atoms with van der Waals surface area (Å²) in [5.74, 6) is 0. The van der Waals surface area contributed by atoms with Crippen molar-refractivity contribution in [3.05, 3.63) is 83.4 Å². The highest BCUT2D eigenvalue weighted by molar-refractivity contribution is 5.72. The molecule has 0 spiro atoms. The Hall–Kier alpha value is -2.38. The summed E-state index contributed by atoms with van der Waals surface area (Å²) in [7, 11) is 0. The third kappa shape index (κ3) is 6.80. The number of unbranched alkanes of at least 4 members (excludes halogenated alkanes) is 4. The number of aliphatic hydroxyl groups is 1. The Morgan fingerprint density at radius 1 is 0.581 bits per heavy atom. The Balaban J connectivity index is 1.68. The van der Waals surface area contributed by atoms with E-state index in [4.69, 9.17) is 5.11 Å². The summed E-state index contributed by atoms with van der Waals surface area (Å²) in [6.45, 7) is 4.78. The third-order valence-corrected chi connectivity index (χ3v) is 6.23. The van der Waals surface area contributed by atoms with Crippen molar-refractivity contribution < 1.29 is 5.11 Å². The lowest BCUT2D eigenvalue weighted by Crippen LogP contribution is -1.94. The van der Waals surface area contributed by atoms with Gasteiger partial charge >= 0.3 is 0 Å². The molecule has 164 valence electrons. The van der Waals surface area contributed by atoms with E-state index in [-0.39, 0.29) is 6.61 Å². The molecule has 0 fully saturated rings. The van der Waals surface area contributed by atoms with Gasteiger partial charge in [0.2, 0.25) is 0 Å². The summed E-state index contributed by atoms with van der Waals surface area (Å²) in [6, 6.07) is 25.0. The average Bonchev–Trinajstić information content (AvgIpc) is 2.82. The van der Waals surface area contributed by atoms with Crippen LogP contribution in [-0.4, -0.2) is 11.7 Å². The van der Waals surface area contributed by atoms with E-state index in [9.17, 15) is 0 Å². The predicted molar refractivity (Wildman–Crippen MR) is 135 cm³/mol. The van der Waals surface area contributed by atoms with Crippen LogP contribution in [0.15, 0.2) is 66.7 Å². The van der Waals surface area contributed by atoms with E-state index >= 15 is 0 Å². The molecule has 31 heavy (non-hydrogen) atoms. The van der Waals surface area contributed by atoms with Gasteiger partial charge in [0.15, 0.2) is 0 Å². The van der Waals surface area contributed by atoms with Gasteiger partial charge in [0.05, 0.1) is 0 Å². The van der Waals surface area contributed by atoms with Crippen molar-refractivity contribution in [2.45, 2.75) is 71.6 Å². The molecule has 0 saturated carbocycles. The van der Waals surface area contributed by atoms with Crippen molar-refractivity contribution in [2.24, 2.45) is 0 Å². The van der Waals surface area contributed by atoms with Crippen molar-refractivity contribution in [3.63, 3.8) is 0 Å². The van der Waals surface area contributed by atoms with E-state index in [1.54, 1.807) is 0 Å². The first-order chi connectivity index (χ1) is 15.2. The highest BCUT2D eigenvalue weighted by atomic mass is 16.2. The zero-order chi connectivity index (χ0) is 21.9. The van der Waals surface area contributed by atoms with Crippen molar-refractivity contribution >= 4 is 0 Å². The number of rotatable bonds is 12. The van der Waals surface area contributed by atoms with Gasteiger partial charge in [-0.05, 0) is 77.5 Å². The normalized spacial score (nSPS) is 11.1. The quantitative estimate of drug-likeness (QED) is 0.297. The molecule has 3 aromatic carbocycles. The Kier molecular flexibility index (Phi) is 9.37. The van der Waals surface area contributed by atoms with E-state index in [0.717, 1.165) is 25.7 Å². The van der Waals surface area contributed by atoms with Crippen LogP contribution in [0, 0.1) is 0 Å². The van der Waals surface area contributed by atoms with Gasteiger partial charge in [0, 0.05) is 6.61 Å². The number of aryl methyl sites for hydroxylation is 3. The zero-order valence-corrected chi connectivity index (χ0v) is 19.4. The van der Waals surface area contributed by atoms with Gasteiger partial charge in [-0.25, -0.2) is 0 Å². The minimum absolute atomic E-state index is 0.284. The first kappa shape index (κ1) is 23.3. The minimum atomic E-state index is 0.284. The molecule has 1 heteroatoms. The molecule has 0 radical (unpaired) electrons. The molecule has 0 atom stereocenters. The smallest absolute Gasteiger partial charge is 0.0431 e. The van der Waals surface area contributed by atoms with Gasteiger partial charge in [-0.2, -0.15) is 0 Å². The zero-order valence-electron chi connectivity index (χ0n) is 19.4. The van der Waals surface area contributed by atoms with Crippen LogP contribution in [0.5, 0.6) is 0 Å². The monoisotopic (exact) mass is 414 g/mol. The number of benzene rings is 3. The minimum Gasteiger partial charge on any atom is -0.396 e. The fourth-order valence-electron chi connectivity index (χ4n) is 4.28. The van der Waals surface area contributed by atoms with Crippen LogP contribution in [-0.2, 0) is 19.3 Å². The Morgan fingerprint density at radius 2 is 1.16 bits per heavy atom. The first-order valence-electron chi connectivity index (χ1n) is 12.2. The fourth-order valence-corrected chi connectivity index (χ4v) is 4.28. The van der Waals surface area contributed by atoms with Crippen LogP contribution in [0.3, 0.4) is 0 Å². The molecule has 0 aliphatic carbocycles. The fraction of sp³-hybridized carbons (Fsp3) is 0.400. The van der Waals surface area contributed by atoms with Gasteiger partial charge in [0.1, 0.15) is 0 Å². The van der Waals surface area contributed by atoms with Crippen molar-refractivity contribution in [2.75, 3.05) is 6.61 Å². The maximum atomic E-state index is 9.01. The van der Waals surface area contributed by atoms with Crippen molar-refractivity contribution in [1.82, 2.24) is 0 Å². The molecular weight excluding hydrogens is 376 g/mol. The standard InChI is InChI=1S/C30H38O/c1-3-5-6-7-10-24-12-15-27(16-13-24)28-17-19-29(20-18-28)30-21-14-25(11-8-9-22-31)23-26(30)4-2/h12-21,23,31H,3-11,22H2,1-2H3. The maximum absolute atomic E-state index is 9.01. The number of hydrogen-bond donors (Lipinski definition) is 1. The second-order valence-electron chi connectivity index (χ2n) is 8.61. The van der Waals surface area contributed by atoms with Crippen molar-refractivity contribution in [3.8, 4) is 22.3 Å². The summed E-state index contributed by atoms with van der Waals surface area (Å²) in [6.07, 6.45) is 10.5. The van der Waals surface area contributed by atoms with Gasteiger partial charge in [-0.3, -0.25) is 0 Å². The van der Waals surface area contributed by atoms with Gasteiger partial charge in [-0.15, -0.1) is 0 Å². The number of aliphatic hydroxyl groups excluding tert-OH is 1. The van der Waals surface area contributed by atoms with Crippen LogP contribution in [0.2, 0.25) is 0 Å². The molecule has 0 amide bonds. The van der Waals surface area contributed by atoms with Crippen LogP contribution >= 0.6 is 0 Å². The van der Waals surface area contributed by atoms with E-state index in [1.807, 2.05) is 0 Å². The molecule has 1 N–H and O–H groups in total. The second kappa shape index (κ2) is 12.5. The molecule has 3 aromatic rings. The molecule has 0 aromatic heterocycles. The van der Waals surface area contributed by atoms with Crippen molar-refractivity contribution in [1.29, 1.82) is 0 Å². The summed E-state index contributed by atoms with van der Waals surface area (Å²) in [5.41, 5.74) is 9.42. The lowest BCUT2D eigenvalue weighted by atomic mass is 9.93. The summed E-state index contributed by atoms with van der Waals surface area (Å²) in [4.78, 5) is 0. The Morgan fingerprint density at radius 3 is 1.81 bits per heavy atom. The van der Waals surface area contributed by atoms with Crippen LogP contribution in [0.4, 0.5) is 0 Å². The third-order valence-electron chi connectivity index (χ3n) is 6.23. The molecule has 0 aliphatic rings. The molecular formula is C30H38O. The summed E-state index contributed by atoms with van der Waals surface area (Å²) < 4.78 is 0.